The van der Waals surface area contributed by atoms with Gasteiger partial charge in [0.25, 0.3) is 0 Å². The van der Waals surface area contributed by atoms with Crippen LogP contribution in [0.4, 0.5) is 0 Å². The smallest absolute Gasteiger partial charge is 0.306 e. The van der Waals surface area contributed by atoms with Crippen LogP contribution in [0, 0.1) is 5.92 Å². The van der Waals surface area contributed by atoms with Gasteiger partial charge in [-0.2, -0.15) is 0 Å². The molecule has 0 aliphatic heterocycles. The summed E-state index contributed by atoms with van der Waals surface area (Å²) in [6, 6.07) is 8.05. The third kappa shape index (κ3) is 3.97. The quantitative estimate of drug-likeness (QED) is 0.865. The van der Waals surface area contributed by atoms with E-state index in [0.29, 0.717) is 24.9 Å². The molecule has 1 aliphatic carbocycles. The van der Waals surface area contributed by atoms with Crippen molar-refractivity contribution in [2.24, 2.45) is 11.7 Å². The minimum Gasteiger partial charge on any atom is -0.466 e. The molecule has 1 aromatic carbocycles. The fourth-order valence-corrected chi connectivity index (χ4v) is 3.14. The SMILES string of the molecule is CCOC(=O)C[C@@H]1CC[C@@H](N)[C@H](c2ccc(Cl)cc2)C1. The van der Waals surface area contributed by atoms with Gasteiger partial charge in [-0.3, -0.25) is 4.79 Å². The van der Waals surface area contributed by atoms with Crippen molar-refractivity contribution in [3.05, 3.63) is 34.9 Å². The number of carbonyl (C=O) groups is 1. The lowest BCUT2D eigenvalue weighted by Crippen LogP contribution is -2.35. The van der Waals surface area contributed by atoms with Crippen molar-refractivity contribution < 1.29 is 9.53 Å². The summed E-state index contributed by atoms with van der Waals surface area (Å²) in [6.07, 6.45) is 3.41. The Morgan fingerprint density at radius 1 is 1.35 bits per heavy atom. The highest BCUT2D eigenvalue weighted by molar-refractivity contribution is 6.30. The number of rotatable bonds is 4. The first kappa shape index (κ1) is 15.3. The fraction of sp³-hybridized carbons (Fsp3) is 0.562. The third-order valence-electron chi connectivity index (χ3n) is 4.07. The van der Waals surface area contributed by atoms with Crippen molar-refractivity contribution in [2.45, 2.75) is 44.6 Å². The minimum atomic E-state index is -0.0946. The van der Waals surface area contributed by atoms with E-state index in [0.717, 1.165) is 24.3 Å². The molecule has 1 saturated carbocycles. The summed E-state index contributed by atoms with van der Waals surface area (Å²) in [5.74, 6) is 0.581. The van der Waals surface area contributed by atoms with Crippen LogP contribution in [0.3, 0.4) is 0 Å². The second-order valence-electron chi connectivity index (χ2n) is 5.51. The molecule has 1 fully saturated rings. The van der Waals surface area contributed by atoms with E-state index < -0.39 is 0 Å². The lowest BCUT2D eigenvalue weighted by molar-refractivity contribution is -0.144. The first-order valence-corrected chi connectivity index (χ1v) is 7.64. The van der Waals surface area contributed by atoms with Gasteiger partial charge in [0.1, 0.15) is 0 Å². The van der Waals surface area contributed by atoms with Crippen LogP contribution >= 0.6 is 11.6 Å². The van der Waals surface area contributed by atoms with E-state index in [1.165, 1.54) is 5.56 Å². The molecule has 4 heteroatoms. The fourth-order valence-electron chi connectivity index (χ4n) is 3.02. The molecule has 2 N–H and O–H groups in total. The Bertz CT molecular complexity index is 446. The Kier molecular flexibility index (Phi) is 5.44. The predicted octanol–water partition coefficient (Wildman–Crippen LogP) is 3.50. The van der Waals surface area contributed by atoms with Crippen LogP contribution < -0.4 is 5.73 Å². The summed E-state index contributed by atoms with van der Waals surface area (Å²) in [5, 5.41) is 0.737. The summed E-state index contributed by atoms with van der Waals surface area (Å²) in [4.78, 5) is 11.6. The van der Waals surface area contributed by atoms with E-state index >= 15 is 0 Å². The lowest BCUT2D eigenvalue weighted by atomic mass is 9.74. The Morgan fingerprint density at radius 2 is 2.05 bits per heavy atom. The van der Waals surface area contributed by atoms with Gasteiger partial charge >= 0.3 is 5.97 Å². The van der Waals surface area contributed by atoms with Gasteiger partial charge in [-0.1, -0.05) is 23.7 Å². The molecule has 1 aromatic rings. The van der Waals surface area contributed by atoms with E-state index in [4.69, 9.17) is 22.1 Å². The molecule has 0 bridgehead atoms. The van der Waals surface area contributed by atoms with Crippen LogP contribution in [0.1, 0.15) is 44.1 Å². The number of esters is 1. The standard InChI is InChI=1S/C16H22ClNO2/c1-2-20-16(19)10-11-3-8-15(18)14(9-11)12-4-6-13(17)7-5-12/h4-7,11,14-15H,2-3,8-10,18H2,1H3/t11-,14+,15-/m1/s1. The van der Waals surface area contributed by atoms with E-state index in [2.05, 4.69) is 0 Å². The number of ether oxygens (including phenoxy) is 1. The highest BCUT2D eigenvalue weighted by Gasteiger charge is 2.30. The molecule has 0 spiro atoms. The summed E-state index contributed by atoms with van der Waals surface area (Å²) >= 11 is 5.93. The molecule has 3 nitrogen and oxygen atoms in total. The van der Waals surface area contributed by atoms with Crippen molar-refractivity contribution in [1.29, 1.82) is 0 Å². The van der Waals surface area contributed by atoms with Gasteiger partial charge in [-0.15, -0.1) is 0 Å². The van der Waals surface area contributed by atoms with Crippen molar-refractivity contribution in [1.82, 2.24) is 0 Å². The highest BCUT2D eigenvalue weighted by Crippen LogP contribution is 2.37. The van der Waals surface area contributed by atoms with Crippen molar-refractivity contribution in [2.75, 3.05) is 6.61 Å². The monoisotopic (exact) mass is 295 g/mol. The summed E-state index contributed by atoms with van der Waals surface area (Å²) in [7, 11) is 0. The van der Waals surface area contributed by atoms with E-state index in [-0.39, 0.29) is 12.0 Å². The normalized spacial score (nSPS) is 26.2. The number of nitrogens with two attached hydrogens (primary N) is 1. The van der Waals surface area contributed by atoms with Gasteiger partial charge < -0.3 is 10.5 Å². The van der Waals surface area contributed by atoms with Gasteiger partial charge in [0.05, 0.1) is 6.61 Å². The molecular formula is C16H22ClNO2. The first-order valence-electron chi connectivity index (χ1n) is 7.26. The van der Waals surface area contributed by atoms with Crippen LogP contribution in [0.25, 0.3) is 0 Å². The van der Waals surface area contributed by atoms with Gasteiger partial charge in [0.15, 0.2) is 0 Å². The van der Waals surface area contributed by atoms with Gasteiger partial charge in [0, 0.05) is 17.5 Å². The number of carbonyl (C=O) groups excluding carboxylic acids is 1. The van der Waals surface area contributed by atoms with E-state index in [1.807, 2.05) is 31.2 Å². The molecular weight excluding hydrogens is 274 g/mol. The zero-order valence-electron chi connectivity index (χ0n) is 11.8. The zero-order valence-corrected chi connectivity index (χ0v) is 12.6. The van der Waals surface area contributed by atoms with Crippen LogP contribution in [0.5, 0.6) is 0 Å². The summed E-state index contributed by atoms with van der Waals surface area (Å²) in [5.41, 5.74) is 7.47. The number of halogens is 1. The molecule has 2 rings (SSSR count). The van der Waals surface area contributed by atoms with Crippen LogP contribution in [0.15, 0.2) is 24.3 Å². The van der Waals surface area contributed by atoms with Crippen molar-refractivity contribution in [3.8, 4) is 0 Å². The molecule has 0 unspecified atom stereocenters. The molecule has 0 radical (unpaired) electrons. The second kappa shape index (κ2) is 7.09. The molecule has 0 saturated heterocycles. The van der Waals surface area contributed by atoms with Gasteiger partial charge in [-0.05, 0) is 55.7 Å². The summed E-state index contributed by atoms with van der Waals surface area (Å²) < 4.78 is 5.04. The molecule has 0 aromatic heterocycles. The van der Waals surface area contributed by atoms with Gasteiger partial charge in [-0.25, -0.2) is 0 Å². The Hall–Kier alpha value is -1.06. The van der Waals surface area contributed by atoms with Crippen molar-refractivity contribution in [3.63, 3.8) is 0 Å². The van der Waals surface area contributed by atoms with Crippen LogP contribution in [-0.2, 0) is 9.53 Å². The maximum Gasteiger partial charge on any atom is 0.306 e. The largest absolute Gasteiger partial charge is 0.466 e. The molecule has 1 aliphatic rings. The molecule has 0 heterocycles. The maximum atomic E-state index is 11.6. The molecule has 3 atom stereocenters. The summed E-state index contributed by atoms with van der Waals surface area (Å²) in [6.45, 7) is 2.29. The average molecular weight is 296 g/mol. The predicted molar refractivity (Wildman–Crippen MR) is 80.8 cm³/mol. The van der Waals surface area contributed by atoms with E-state index in [1.54, 1.807) is 0 Å². The number of hydrogen-bond acceptors (Lipinski definition) is 3. The lowest BCUT2D eigenvalue weighted by Gasteiger charge is -2.34. The number of hydrogen-bond donors (Lipinski definition) is 1. The third-order valence-corrected chi connectivity index (χ3v) is 4.32. The average Bonchev–Trinajstić information content (AvgIpc) is 2.42. The van der Waals surface area contributed by atoms with E-state index in [9.17, 15) is 4.79 Å². The zero-order chi connectivity index (χ0) is 14.5. The molecule has 110 valence electrons. The minimum absolute atomic E-state index is 0.0946. The van der Waals surface area contributed by atoms with Crippen LogP contribution in [-0.4, -0.2) is 18.6 Å². The maximum absolute atomic E-state index is 11.6. The second-order valence-corrected chi connectivity index (χ2v) is 5.95. The van der Waals surface area contributed by atoms with Crippen molar-refractivity contribution >= 4 is 17.6 Å². The number of benzene rings is 1. The van der Waals surface area contributed by atoms with Crippen LogP contribution in [0.2, 0.25) is 5.02 Å². The topological polar surface area (TPSA) is 52.3 Å². The first-order chi connectivity index (χ1) is 9.60. The Labute approximate surface area is 125 Å². The highest BCUT2D eigenvalue weighted by atomic mass is 35.5. The molecule has 20 heavy (non-hydrogen) atoms. The Balaban J connectivity index is 2.01. The van der Waals surface area contributed by atoms with Gasteiger partial charge in [0.2, 0.25) is 0 Å². The Morgan fingerprint density at radius 3 is 2.70 bits per heavy atom. The molecule has 0 amide bonds.